The Morgan fingerprint density at radius 1 is 1.33 bits per heavy atom. The number of fused-ring (bicyclic) bond motifs is 1. The molecule has 1 aliphatic carbocycles. The maximum Gasteiger partial charge on any atom is 0.138 e. The summed E-state index contributed by atoms with van der Waals surface area (Å²) >= 11 is 0. The van der Waals surface area contributed by atoms with Crippen LogP contribution in [0, 0.1) is 5.92 Å². The van der Waals surface area contributed by atoms with E-state index < -0.39 is 0 Å². The number of nitrogens with two attached hydrogens (primary N) is 1. The summed E-state index contributed by atoms with van der Waals surface area (Å²) in [7, 11) is 0. The van der Waals surface area contributed by atoms with E-state index in [4.69, 9.17) is 5.73 Å². The van der Waals surface area contributed by atoms with Crippen molar-refractivity contribution in [1.29, 1.82) is 0 Å². The Morgan fingerprint density at radius 3 is 2.95 bits per heavy atom. The fourth-order valence-corrected chi connectivity index (χ4v) is 3.33. The van der Waals surface area contributed by atoms with E-state index in [1.807, 2.05) is 4.68 Å². The van der Waals surface area contributed by atoms with E-state index in [-0.39, 0.29) is 6.04 Å². The van der Waals surface area contributed by atoms with Crippen LogP contribution in [0.3, 0.4) is 0 Å². The van der Waals surface area contributed by atoms with Gasteiger partial charge < -0.3 is 5.73 Å². The number of nitrogens with zero attached hydrogens (tertiary/aromatic N) is 3. The molecule has 3 rings (SSSR count). The van der Waals surface area contributed by atoms with E-state index in [0.29, 0.717) is 11.8 Å². The number of hydrogen-bond acceptors (Lipinski definition) is 3. The second-order valence-electron chi connectivity index (χ2n) is 6.46. The van der Waals surface area contributed by atoms with Crippen molar-refractivity contribution >= 4 is 0 Å². The van der Waals surface area contributed by atoms with E-state index in [0.717, 1.165) is 31.6 Å². The highest BCUT2D eigenvalue weighted by atomic mass is 15.3. The van der Waals surface area contributed by atoms with Crippen LogP contribution in [0.15, 0.2) is 30.6 Å². The summed E-state index contributed by atoms with van der Waals surface area (Å²) in [5, 5.41) is 4.33. The lowest BCUT2D eigenvalue weighted by atomic mass is 9.91. The molecule has 4 heteroatoms. The molecule has 0 saturated carbocycles. The summed E-state index contributed by atoms with van der Waals surface area (Å²) in [4.78, 5) is 4.41. The molecule has 2 N–H and O–H groups in total. The summed E-state index contributed by atoms with van der Waals surface area (Å²) < 4.78 is 2.01. The minimum atomic E-state index is 0.115. The molecule has 0 bridgehead atoms. The first-order chi connectivity index (χ1) is 10.1. The first-order valence-electron chi connectivity index (χ1n) is 7.85. The highest BCUT2D eigenvalue weighted by Gasteiger charge is 2.28. The monoisotopic (exact) mass is 284 g/mol. The van der Waals surface area contributed by atoms with Crippen molar-refractivity contribution in [2.75, 3.05) is 0 Å². The zero-order valence-corrected chi connectivity index (χ0v) is 12.9. The first kappa shape index (κ1) is 14.3. The van der Waals surface area contributed by atoms with Crippen molar-refractivity contribution in [3.63, 3.8) is 0 Å². The molecule has 1 aromatic heterocycles. The molecule has 0 spiro atoms. The highest BCUT2D eigenvalue weighted by Crippen LogP contribution is 2.35. The summed E-state index contributed by atoms with van der Waals surface area (Å²) in [6, 6.07) is 8.80. The van der Waals surface area contributed by atoms with Crippen molar-refractivity contribution in [2.24, 2.45) is 11.7 Å². The smallest absolute Gasteiger partial charge is 0.138 e. The van der Waals surface area contributed by atoms with E-state index in [9.17, 15) is 0 Å². The molecule has 2 unspecified atom stereocenters. The van der Waals surface area contributed by atoms with Gasteiger partial charge in [-0.1, -0.05) is 38.1 Å². The van der Waals surface area contributed by atoms with Crippen LogP contribution in [0.1, 0.15) is 43.1 Å². The van der Waals surface area contributed by atoms with Crippen molar-refractivity contribution < 1.29 is 0 Å². The van der Waals surface area contributed by atoms with Crippen LogP contribution in [0.25, 0.3) is 0 Å². The van der Waals surface area contributed by atoms with Gasteiger partial charge in [-0.15, -0.1) is 0 Å². The molecule has 1 heterocycles. The average molecular weight is 284 g/mol. The normalized spacial score (nSPS) is 19.0. The van der Waals surface area contributed by atoms with Crippen LogP contribution >= 0.6 is 0 Å². The van der Waals surface area contributed by atoms with E-state index in [1.54, 1.807) is 6.33 Å². The van der Waals surface area contributed by atoms with Gasteiger partial charge >= 0.3 is 0 Å². The third-order valence-electron chi connectivity index (χ3n) is 4.35. The van der Waals surface area contributed by atoms with Gasteiger partial charge in [0.25, 0.3) is 0 Å². The Hall–Kier alpha value is -1.68. The van der Waals surface area contributed by atoms with Gasteiger partial charge in [-0.2, -0.15) is 5.10 Å². The van der Waals surface area contributed by atoms with Gasteiger partial charge in [0, 0.05) is 24.9 Å². The molecule has 0 saturated heterocycles. The predicted molar refractivity (Wildman–Crippen MR) is 84.0 cm³/mol. The molecule has 1 aliphatic rings. The lowest BCUT2D eigenvalue weighted by Gasteiger charge is -2.20. The molecule has 21 heavy (non-hydrogen) atoms. The highest BCUT2D eigenvalue weighted by molar-refractivity contribution is 5.36. The molecular weight excluding hydrogens is 260 g/mol. The molecule has 0 amide bonds. The van der Waals surface area contributed by atoms with Crippen LogP contribution < -0.4 is 5.73 Å². The van der Waals surface area contributed by atoms with Crippen LogP contribution in [-0.2, 0) is 19.4 Å². The molecule has 2 aromatic rings. The number of aromatic nitrogens is 3. The fourth-order valence-electron chi connectivity index (χ4n) is 3.33. The van der Waals surface area contributed by atoms with Gasteiger partial charge in [-0.3, -0.25) is 0 Å². The average Bonchev–Trinajstić information content (AvgIpc) is 3.05. The molecule has 2 atom stereocenters. The summed E-state index contributed by atoms with van der Waals surface area (Å²) in [5.41, 5.74) is 9.39. The number of hydrogen-bond donors (Lipinski definition) is 1. The van der Waals surface area contributed by atoms with Gasteiger partial charge in [0.05, 0.1) is 0 Å². The van der Waals surface area contributed by atoms with Crippen LogP contribution in [0.2, 0.25) is 0 Å². The van der Waals surface area contributed by atoms with Crippen molar-refractivity contribution in [2.45, 2.75) is 51.6 Å². The Labute approximate surface area is 126 Å². The van der Waals surface area contributed by atoms with Crippen molar-refractivity contribution in [3.8, 4) is 0 Å². The Balaban J connectivity index is 1.73. The second kappa shape index (κ2) is 5.98. The Kier molecular flexibility index (Phi) is 4.06. The molecule has 1 aromatic carbocycles. The van der Waals surface area contributed by atoms with Crippen molar-refractivity contribution in [3.05, 3.63) is 47.5 Å². The SMILES string of the molecule is CC(C)Cn1ncnc1CC(N)C1CCc2ccccc21. The molecule has 0 fully saturated rings. The van der Waals surface area contributed by atoms with Crippen LogP contribution in [0.4, 0.5) is 0 Å². The Morgan fingerprint density at radius 2 is 2.14 bits per heavy atom. The topological polar surface area (TPSA) is 56.7 Å². The van der Waals surface area contributed by atoms with E-state index >= 15 is 0 Å². The number of benzene rings is 1. The standard InChI is InChI=1S/C17H24N4/c1-12(2)10-21-17(19-11-20-21)9-16(18)15-8-7-13-5-3-4-6-14(13)15/h3-6,11-12,15-16H,7-10,18H2,1-2H3. The van der Waals surface area contributed by atoms with Gasteiger partial charge in [-0.25, -0.2) is 9.67 Å². The second-order valence-corrected chi connectivity index (χ2v) is 6.46. The minimum absolute atomic E-state index is 0.115. The molecule has 0 aliphatic heterocycles. The third-order valence-corrected chi connectivity index (χ3v) is 4.35. The zero-order valence-electron chi connectivity index (χ0n) is 12.9. The quantitative estimate of drug-likeness (QED) is 0.918. The predicted octanol–water partition coefficient (Wildman–Crippen LogP) is 2.53. The number of rotatable bonds is 5. The Bertz CT molecular complexity index is 602. The van der Waals surface area contributed by atoms with Crippen molar-refractivity contribution in [1.82, 2.24) is 14.8 Å². The molecular formula is C17H24N4. The van der Waals surface area contributed by atoms with Crippen LogP contribution in [-0.4, -0.2) is 20.8 Å². The summed E-state index contributed by atoms with van der Waals surface area (Å²) in [5.74, 6) is 2.03. The lowest BCUT2D eigenvalue weighted by Crippen LogP contribution is -2.31. The first-order valence-corrected chi connectivity index (χ1v) is 7.85. The minimum Gasteiger partial charge on any atom is -0.327 e. The van der Waals surface area contributed by atoms with Gasteiger partial charge in [-0.05, 0) is 29.9 Å². The van der Waals surface area contributed by atoms with Gasteiger partial charge in [0.1, 0.15) is 12.2 Å². The third kappa shape index (κ3) is 3.00. The zero-order chi connectivity index (χ0) is 14.8. The van der Waals surface area contributed by atoms with E-state index in [1.165, 1.54) is 11.1 Å². The maximum atomic E-state index is 6.50. The molecule has 4 nitrogen and oxygen atoms in total. The summed E-state index contributed by atoms with van der Waals surface area (Å²) in [6.07, 6.45) is 4.74. The largest absolute Gasteiger partial charge is 0.327 e. The van der Waals surface area contributed by atoms with Gasteiger partial charge in [0.15, 0.2) is 0 Å². The summed E-state index contributed by atoms with van der Waals surface area (Å²) in [6.45, 7) is 5.29. The lowest BCUT2D eigenvalue weighted by molar-refractivity contribution is 0.444. The van der Waals surface area contributed by atoms with Gasteiger partial charge in [0.2, 0.25) is 0 Å². The van der Waals surface area contributed by atoms with Crippen LogP contribution in [0.5, 0.6) is 0 Å². The molecule has 112 valence electrons. The number of aryl methyl sites for hydroxylation is 1. The molecule has 0 radical (unpaired) electrons. The maximum absolute atomic E-state index is 6.50. The van der Waals surface area contributed by atoms with E-state index in [2.05, 4.69) is 48.2 Å². The fraction of sp³-hybridized carbons (Fsp3) is 0.529.